The minimum atomic E-state index is -0.567. The molecule has 3 heteroatoms. The lowest BCUT2D eigenvalue weighted by Gasteiger charge is -2.21. The Morgan fingerprint density at radius 2 is 1.94 bits per heavy atom. The molecular weight excluding hydrogens is 202 g/mol. The molecule has 2 N–H and O–H groups in total. The first-order valence-electron chi connectivity index (χ1n) is 5.73. The van der Waals surface area contributed by atoms with Gasteiger partial charge in [-0.25, -0.2) is 0 Å². The molecule has 0 spiro atoms. The number of benzene rings is 1. The van der Waals surface area contributed by atoms with Gasteiger partial charge in [0, 0.05) is 18.8 Å². The van der Waals surface area contributed by atoms with Crippen LogP contribution in [-0.2, 0) is 0 Å². The Hall–Kier alpha value is -1.06. The van der Waals surface area contributed by atoms with Crippen molar-refractivity contribution in [3.05, 3.63) is 29.8 Å². The second-order valence-corrected chi connectivity index (χ2v) is 4.94. The highest BCUT2D eigenvalue weighted by Gasteiger charge is 2.31. The van der Waals surface area contributed by atoms with E-state index in [9.17, 15) is 10.2 Å². The fourth-order valence-corrected chi connectivity index (χ4v) is 2.13. The Bertz CT molecular complexity index is 357. The molecule has 2 rings (SSSR count). The topological polar surface area (TPSA) is 43.7 Å². The summed E-state index contributed by atoms with van der Waals surface area (Å²) in [7, 11) is 0. The third-order valence-corrected chi connectivity index (χ3v) is 3.19. The Labute approximate surface area is 96.3 Å². The molecule has 3 nitrogen and oxygen atoms in total. The lowest BCUT2D eigenvalue weighted by molar-refractivity contribution is 0.0839. The zero-order chi connectivity index (χ0) is 11.8. The summed E-state index contributed by atoms with van der Waals surface area (Å²) in [5, 5.41) is 19.3. The van der Waals surface area contributed by atoms with Gasteiger partial charge in [0.1, 0.15) is 0 Å². The van der Waals surface area contributed by atoms with E-state index < -0.39 is 11.7 Å². The van der Waals surface area contributed by atoms with Gasteiger partial charge in [0.2, 0.25) is 0 Å². The van der Waals surface area contributed by atoms with Gasteiger partial charge in [-0.05, 0) is 38.0 Å². The smallest absolute Gasteiger partial charge is 0.0810 e. The van der Waals surface area contributed by atoms with Crippen LogP contribution in [0.3, 0.4) is 0 Å². The normalized spacial score (nSPS) is 27.1. The molecule has 1 fully saturated rings. The molecule has 1 saturated heterocycles. The van der Waals surface area contributed by atoms with Gasteiger partial charge < -0.3 is 15.1 Å². The lowest BCUT2D eigenvalue weighted by Crippen LogP contribution is -2.29. The predicted octanol–water partition coefficient (Wildman–Crippen LogP) is 1.70. The average molecular weight is 221 g/mol. The summed E-state index contributed by atoms with van der Waals surface area (Å²) in [5.74, 6) is 0. The van der Waals surface area contributed by atoms with Crippen LogP contribution < -0.4 is 4.90 Å². The van der Waals surface area contributed by atoms with Gasteiger partial charge in [0.05, 0.1) is 11.7 Å². The fraction of sp³-hybridized carbons (Fsp3) is 0.538. The molecular formula is C13H19NO2. The van der Waals surface area contributed by atoms with Crippen molar-refractivity contribution >= 4 is 5.69 Å². The maximum Gasteiger partial charge on any atom is 0.0810 e. The van der Waals surface area contributed by atoms with Gasteiger partial charge in [0.15, 0.2) is 0 Å². The fourth-order valence-electron chi connectivity index (χ4n) is 2.13. The molecule has 1 heterocycles. The Balaban J connectivity index is 2.11. The van der Waals surface area contributed by atoms with E-state index >= 15 is 0 Å². The third-order valence-electron chi connectivity index (χ3n) is 3.19. The second kappa shape index (κ2) is 4.07. The first-order chi connectivity index (χ1) is 7.48. The van der Waals surface area contributed by atoms with Crippen LogP contribution in [0.5, 0.6) is 0 Å². The summed E-state index contributed by atoms with van der Waals surface area (Å²) >= 11 is 0. The number of anilines is 1. The summed E-state index contributed by atoms with van der Waals surface area (Å²) in [6.07, 6.45) is 0.390. The second-order valence-electron chi connectivity index (χ2n) is 4.94. The van der Waals surface area contributed by atoms with Gasteiger partial charge in [-0.2, -0.15) is 0 Å². The molecule has 1 aromatic rings. The van der Waals surface area contributed by atoms with Crippen molar-refractivity contribution in [2.24, 2.45) is 0 Å². The lowest BCUT2D eigenvalue weighted by atomic mass is 10.1. The van der Waals surface area contributed by atoms with Crippen molar-refractivity contribution in [1.82, 2.24) is 0 Å². The summed E-state index contributed by atoms with van der Waals surface area (Å²) in [6, 6.07) is 7.88. The summed E-state index contributed by atoms with van der Waals surface area (Å²) in [4.78, 5) is 2.17. The first-order valence-corrected chi connectivity index (χ1v) is 5.73. The zero-order valence-electron chi connectivity index (χ0n) is 9.85. The molecule has 1 aliphatic heterocycles. The van der Waals surface area contributed by atoms with Crippen LogP contribution in [0, 0.1) is 0 Å². The summed E-state index contributed by atoms with van der Waals surface area (Å²) in [6.45, 7) is 5.20. The molecule has 88 valence electrons. The van der Waals surface area contributed by atoms with Gasteiger partial charge in [0.25, 0.3) is 0 Å². The average Bonchev–Trinajstić information content (AvgIpc) is 2.59. The summed E-state index contributed by atoms with van der Waals surface area (Å²) < 4.78 is 0. The van der Waals surface area contributed by atoms with Crippen molar-refractivity contribution < 1.29 is 10.2 Å². The number of nitrogens with zero attached hydrogens (tertiary/aromatic N) is 1. The number of hydrogen-bond acceptors (Lipinski definition) is 3. The van der Waals surface area contributed by atoms with Crippen LogP contribution in [0.1, 0.15) is 31.9 Å². The minimum Gasteiger partial charge on any atom is -0.389 e. The molecule has 16 heavy (non-hydrogen) atoms. The molecule has 0 aliphatic carbocycles. The third kappa shape index (κ3) is 2.36. The van der Waals surface area contributed by atoms with E-state index in [-0.39, 0.29) is 0 Å². The maximum atomic E-state index is 9.89. The monoisotopic (exact) mass is 221 g/mol. The van der Waals surface area contributed by atoms with Crippen molar-refractivity contribution in [3.8, 4) is 0 Å². The van der Waals surface area contributed by atoms with E-state index in [0.717, 1.165) is 24.2 Å². The van der Waals surface area contributed by atoms with E-state index in [4.69, 9.17) is 0 Å². The quantitative estimate of drug-likeness (QED) is 0.799. The number of aliphatic hydroxyl groups is 2. The van der Waals surface area contributed by atoms with E-state index in [1.165, 1.54) is 0 Å². The van der Waals surface area contributed by atoms with Crippen molar-refractivity contribution in [2.75, 3.05) is 18.0 Å². The van der Waals surface area contributed by atoms with Crippen molar-refractivity contribution in [1.29, 1.82) is 0 Å². The van der Waals surface area contributed by atoms with Crippen molar-refractivity contribution in [2.45, 2.75) is 32.0 Å². The Kier molecular flexibility index (Phi) is 2.91. The van der Waals surface area contributed by atoms with Gasteiger partial charge >= 0.3 is 0 Å². The van der Waals surface area contributed by atoms with Crippen LogP contribution in [-0.4, -0.2) is 28.9 Å². The van der Waals surface area contributed by atoms with Crippen molar-refractivity contribution in [3.63, 3.8) is 0 Å². The van der Waals surface area contributed by atoms with Gasteiger partial charge in [-0.3, -0.25) is 0 Å². The molecule has 0 bridgehead atoms. The zero-order valence-corrected chi connectivity index (χ0v) is 9.85. The molecule has 2 unspecified atom stereocenters. The highest BCUT2D eigenvalue weighted by Crippen LogP contribution is 2.27. The van der Waals surface area contributed by atoms with Crippen LogP contribution >= 0.6 is 0 Å². The molecule has 2 atom stereocenters. The molecule has 0 saturated carbocycles. The molecule has 0 amide bonds. The van der Waals surface area contributed by atoms with E-state index in [1.807, 2.05) is 31.2 Å². The van der Waals surface area contributed by atoms with Gasteiger partial charge in [-0.15, -0.1) is 0 Å². The highest BCUT2D eigenvalue weighted by molar-refractivity contribution is 5.49. The van der Waals surface area contributed by atoms with E-state index in [0.29, 0.717) is 6.54 Å². The molecule has 1 aromatic carbocycles. The SMILES string of the molecule is CC(O)c1ccc(N2CCC(C)(O)C2)cc1. The highest BCUT2D eigenvalue weighted by atomic mass is 16.3. The molecule has 0 aromatic heterocycles. The number of aliphatic hydroxyl groups excluding tert-OH is 1. The van der Waals surface area contributed by atoms with Gasteiger partial charge in [-0.1, -0.05) is 12.1 Å². The predicted molar refractivity (Wildman–Crippen MR) is 64.5 cm³/mol. The van der Waals surface area contributed by atoms with Crippen LogP contribution in [0.15, 0.2) is 24.3 Å². The largest absolute Gasteiger partial charge is 0.389 e. The van der Waals surface area contributed by atoms with E-state index in [2.05, 4.69) is 4.90 Å². The number of β-amino-alcohol motifs (C(OH)–C–C–N with tert-alkyl or cyclic N) is 1. The Morgan fingerprint density at radius 1 is 1.31 bits per heavy atom. The minimum absolute atomic E-state index is 0.421. The summed E-state index contributed by atoms with van der Waals surface area (Å²) in [5.41, 5.74) is 1.47. The number of hydrogen-bond donors (Lipinski definition) is 2. The Morgan fingerprint density at radius 3 is 2.38 bits per heavy atom. The van der Waals surface area contributed by atoms with Crippen LogP contribution in [0.4, 0.5) is 5.69 Å². The standard InChI is InChI=1S/C13H19NO2/c1-10(15)11-3-5-12(6-4-11)14-8-7-13(2,16)9-14/h3-6,10,15-16H,7-9H2,1-2H3. The first kappa shape index (κ1) is 11.4. The van der Waals surface area contributed by atoms with Crippen LogP contribution in [0.2, 0.25) is 0 Å². The maximum absolute atomic E-state index is 9.89. The van der Waals surface area contributed by atoms with Crippen LogP contribution in [0.25, 0.3) is 0 Å². The van der Waals surface area contributed by atoms with E-state index in [1.54, 1.807) is 6.92 Å². The molecule has 0 radical (unpaired) electrons. The molecule has 1 aliphatic rings. The number of rotatable bonds is 2.